The summed E-state index contributed by atoms with van der Waals surface area (Å²) in [4.78, 5) is 22.9. The van der Waals surface area contributed by atoms with Gasteiger partial charge in [-0.1, -0.05) is 6.07 Å². The van der Waals surface area contributed by atoms with Crippen LogP contribution in [0.15, 0.2) is 47.4 Å². The number of carbonyl (C=O) groups excluding carboxylic acids is 2. The maximum Gasteiger partial charge on any atom is 0.416 e. The second kappa shape index (κ2) is 7.89. The molecule has 2 aromatic carbocycles. The van der Waals surface area contributed by atoms with Crippen molar-refractivity contribution in [3.8, 4) is 0 Å². The summed E-state index contributed by atoms with van der Waals surface area (Å²) < 4.78 is 74.9. The Morgan fingerprint density at radius 3 is 2.18 bits per heavy atom. The minimum atomic E-state index is -4.68. The second-order valence-electron chi connectivity index (χ2n) is 5.38. The third kappa shape index (κ3) is 4.60. The van der Waals surface area contributed by atoms with E-state index in [0.29, 0.717) is 6.07 Å². The van der Waals surface area contributed by atoms with Gasteiger partial charge in [-0.05, 0) is 36.4 Å². The predicted octanol–water partition coefficient (Wildman–Crippen LogP) is 3.08. The van der Waals surface area contributed by atoms with E-state index in [0.717, 1.165) is 50.6 Å². The molecule has 0 spiro atoms. The fourth-order valence-electron chi connectivity index (χ4n) is 2.24. The number of methoxy groups -OCH3 is 2. The summed E-state index contributed by atoms with van der Waals surface area (Å²) in [7, 11) is -2.46. The lowest BCUT2D eigenvalue weighted by Crippen LogP contribution is -2.19. The van der Waals surface area contributed by atoms with Gasteiger partial charge in [-0.3, -0.25) is 4.72 Å². The highest BCUT2D eigenvalue weighted by Gasteiger charge is 2.31. The van der Waals surface area contributed by atoms with Crippen LogP contribution >= 0.6 is 0 Å². The topological polar surface area (TPSA) is 98.8 Å². The van der Waals surface area contributed by atoms with Gasteiger partial charge < -0.3 is 9.47 Å². The number of hydrogen-bond acceptors (Lipinski definition) is 6. The highest BCUT2D eigenvalue weighted by Crippen LogP contribution is 2.31. The zero-order valence-electron chi connectivity index (χ0n) is 14.5. The minimum Gasteiger partial charge on any atom is -0.465 e. The van der Waals surface area contributed by atoms with Crippen molar-refractivity contribution in [2.24, 2.45) is 0 Å². The molecule has 0 atom stereocenters. The van der Waals surface area contributed by atoms with Crippen molar-refractivity contribution in [2.45, 2.75) is 11.1 Å². The molecule has 0 amide bonds. The molecule has 0 bridgehead atoms. The van der Waals surface area contributed by atoms with Gasteiger partial charge in [-0.25, -0.2) is 18.0 Å². The summed E-state index contributed by atoms with van der Waals surface area (Å²) >= 11 is 0. The van der Waals surface area contributed by atoms with Gasteiger partial charge in [0, 0.05) is 5.69 Å². The van der Waals surface area contributed by atoms with Gasteiger partial charge in [0.05, 0.1) is 30.9 Å². The number of carbonyl (C=O) groups is 2. The molecule has 0 aliphatic heterocycles. The van der Waals surface area contributed by atoms with E-state index in [1.165, 1.54) is 0 Å². The summed E-state index contributed by atoms with van der Waals surface area (Å²) in [5.41, 5.74) is -2.03. The predicted molar refractivity (Wildman–Crippen MR) is 91.4 cm³/mol. The van der Waals surface area contributed by atoms with E-state index >= 15 is 0 Å². The molecule has 0 unspecified atom stereocenters. The number of sulfonamides is 1. The molecule has 2 aromatic rings. The molecule has 0 saturated heterocycles. The van der Waals surface area contributed by atoms with Crippen LogP contribution in [-0.2, 0) is 25.7 Å². The number of nitrogens with one attached hydrogen (secondary N) is 1. The summed E-state index contributed by atoms with van der Waals surface area (Å²) in [6, 6.07) is 6.56. The summed E-state index contributed by atoms with van der Waals surface area (Å²) in [5.74, 6) is -1.88. The molecule has 11 heteroatoms. The monoisotopic (exact) mass is 417 g/mol. The number of ether oxygens (including phenoxy) is 2. The van der Waals surface area contributed by atoms with Crippen LogP contribution in [0.4, 0.5) is 18.9 Å². The molecule has 0 saturated carbocycles. The Labute approximate surface area is 158 Å². The fourth-order valence-corrected chi connectivity index (χ4v) is 3.51. The van der Waals surface area contributed by atoms with Crippen LogP contribution < -0.4 is 4.72 Å². The van der Waals surface area contributed by atoms with Crippen LogP contribution in [0.1, 0.15) is 26.3 Å². The number of anilines is 1. The number of esters is 2. The molecule has 0 aliphatic rings. The van der Waals surface area contributed by atoms with Crippen molar-refractivity contribution >= 4 is 27.6 Å². The van der Waals surface area contributed by atoms with Gasteiger partial charge in [0.15, 0.2) is 0 Å². The average molecular weight is 417 g/mol. The van der Waals surface area contributed by atoms with Gasteiger partial charge in [0.25, 0.3) is 10.0 Å². The highest BCUT2D eigenvalue weighted by atomic mass is 32.2. The summed E-state index contributed by atoms with van der Waals surface area (Å²) in [6.45, 7) is 0. The number of benzene rings is 2. The Balaban J connectivity index is 2.55. The molecule has 28 heavy (non-hydrogen) atoms. The third-order valence-corrected chi connectivity index (χ3v) is 4.96. The molecular formula is C17H14F3NO6S. The lowest BCUT2D eigenvalue weighted by Gasteiger charge is -2.14. The summed E-state index contributed by atoms with van der Waals surface area (Å²) in [5, 5.41) is 0. The van der Waals surface area contributed by atoms with E-state index in [1.807, 2.05) is 4.72 Å². The van der Waals surface area contributed by atoms with Crippen LogP contribution in [0.25, 0.3) is 0 Å². The van der Waals surface area contributed by atoms with E-state index in [1.54, 1.807) is 0 Å². The van der Waals surface area contributed by atoms with Crippen LogP contribution in [0, 0.1) is 0 Å². The largest absolute Gasteiger partial charge is 0.465 e. The van der Waals surface area contributed by atoms with E-state index < -0.39 is 44.2 Å². The number of rotatable bonds is 5. The maximum absolute atomic E-state index is 12.8. The average Bonchev–Trinajstić information content (AvgIpc) is 2.65. The minimum absolute atomic E-state index is 0.181. The molecule has 150 valence electrons. The lowest BCUT2D eigenvalue weighted by atomic mass is 10.1. The molecule has 0 aromatic heterocycles. The normalized spacial score (nSPS) is 11.6. The van der Waals surface area contributed by atoms with Crippen LogP contribution in [0.3, 0.4) is 0 Å². The van der Waals surface area contributed by atoms with Gasteiger partial charge >= 0.3 is 18.1 Å². The van der Waals surface area contributed by atoms with Crippen molar-refractivity contribution in [1.82, 2.24) is 0 Å². The van der Waals surface area contributed by atoms with Crippen molar-refractivity contribution in [2.75, 3.05) is 18.9 Å². The zero-order chi connectivity index (χ0) is 21.1. The first kappa shape index (κ1) is 21.2. The van der Waals surface area contributed by atoms with E-state index in [2.05, 4.69) is 9.47 Å². The number of hydrogen-bond donors (Lipinski definition) is 1. The van der Waals surface area contributed by atoms with Gasteiger partial charge in [-0.15, -0.1) is 0 Å². The van der Waals surface area contributed by atoms with Crippen LogP contribution in [0.2, 0.25) is 0 Å². The van der Waals surface area contributed by atoms with Crippen molar-refractivity contribution in [3.63, 3.8) is 0 Å². The zero-order valence-corrected chi connectivity index (χ0v) is 15.3. The smallest absolute Gasteiger partial charge is 0.416 e. The number of halogens is 3. The molecule has 0 aliphatic carbocycles. The molecule has 7 nitrogen and oxygen atoms in total. The first-order valence-electron chi connectivity index (χ1n) is 7.50. The lowest BCUT2D eigenvalue weighted by molar-refractivity contribution is -0.137. The molecule has 0 heterocycles. The number of alkyl halides is 3. The van der Waals surface area contributed by atoms with E-state index in [4.69, 9.17) is 0 Å². The van der Waals surface area contributed by atoms with Crippen LogP contribution in [0.5, 0.6) is 0 Å². The first-order valence-corrected chi connectivity index (χ1v) is 8.98. The Morgan fingerprint density at radius 1 is 0.964 bits per heavy atom. The fraction of sp³-hybridized carbons (Fsp3) is 0.176. The van der Waals surface area contributed by atoms with Gasteiger partial charge in [-0.2, -0.15) is 13.2 Å². The van der Waals surface area contributed by atoms with Crippen LogP contribution in [-0.4, -0.2) is 34.6 Å². The Morgan fingerprint density at radius 2 is 1.61 bits per heavy atom. The van der Waals surface area contributed by atoms with E-state index in [-0.39, 0.29) is 11.3 Å². The van der Waals surface area contributed by atoms with Crippen molar-refractivity contribution in [3.05, 3.63) is 59.2 Å². The highest BCUT2D eigenvalue weighted by molar-refractivity contribution is 7.92. The molecule has 1 N–H and O–H groups in total. The molecular weight excluding hydrogens is 403 g/mol. The van der Waals surface area contributed by atoms with Gasteiger partial charge in [0.2, 0.25) is 0 Å². The Bertz CT molecular complexity index is 1020. The second-order valence-corrected chi connectivity index (χ2v) is 7.03. The molecule has 0 radical (unpaired) electrons. The summed E-state index contributed by atoms with van der Waals surface area (Å²) in [6.07, 6.45) is -4.68. The SMILES string of the molecule is COC(=O)c1ccc(C(=O)OC)c(S(=O)(=O)Nc2cccc(C(F)(F)F)c2)c1. The first-order chi connectivity index (χ1) is 13.0. The quantitative estimate of drug-likeness (QED) is 0.751. The third-order valence-electron chi connectivity index (χ3n) is 3.54. The molecule has 0 fully saturated rings. The maximum atomic E-state index is 12.8. The van der Waals surface area contributed by atoms with Crippen molar-refractivity contribution in [1.29, 1.82) is 0 Å². The van der Waals surface area contributed by atoms with E-state index in [9.17, 15) is 31.2 Å². The van der Waals surface area contributed by atoms with Gasteiger partial charge in [0.1, 0.15) is 4.90 Å². The Kier molecular flexibility index (Phi) is 5.98. The Hall–Kier alpha value is -3.08. The molecule has 2 rings (SSSR count). The van der Waals surface area contributed by atoms with Crippen molar-refractivity contribution < 1.29 is 40.7 Å². The standard InChI is InChI=1S/C17H14F3NO6S/c1-26-15(22)10-6-7-13(16(23)27-2)14(8-10)28(24,25)21-12-5-3-4-11(9-12)17(18,19)20/h3-9,21H,1-2H3.